The van der Waals surface area contributed by atoms with Crippen LogP contribution < -0.4 is 14.8 Å². The number of hydrogen-bond acceptors (Lipinski definition) is 7. The second kappa shape index (κ2) is 7.98. The van der Waals surface area contributed by atoms with E-state index in [1.54, 1.807) is 0 Å². The highest BCUT2D eigenvalue weighted by Crippen LogP contribution is 2.32. The lowest BCUT2D eigenvalue weighted by atomic mass is 10.2. The fraction of sp³-hybridized carbons (Fsp3) is 0.273. The lowest BCUT2D eigenvalue weighted by molar-refractivity contribution is 0.174. The fourth-order valence-corrected chi connectivity index (χ4v) is 3.46. The molecule has 0 atom stereocenters. The van der Waals surface area contributed by atoms with Gasteiger partial charge in [-0.15, -0.1) is 5.10 Å². The normalized spacial score (nSPS) is 12.4. The van der Waals surface area contributed by atoms with E-state index < -0.39 is 0 Å². The lowest BCUT2D eigenvalue weighted by Gasteiger charge is -2.09. The van der Waals surface area contributed by atoms with Crippen molar-refractivity contribution in [1.29, 1.82) is 0 Å². The topological polar surface area (TPSA) is 87.0 Å². The molecule has 0 fully saturated rings. The standard InChI is InChI=1S/C22H22N6O2/c1-2-6-19-24-21(23-12-16-9-10-17-18(11-16)30-14-29-17)20-22(25-19)28(27-26-20)13-15-7-4-3-5-8-15/h3-5,7-11H,2,6,12-14H2,1H3,(H,23,24,25). The van der Waals surface area contributed by atoms with Crippen molar-refractivity contribution in [2.24, 2.45) is 0 Å². The summed E-state index contributed by atoms with van der Waals surface area (Å²) < 4.78 is 12.7. The summed E-state index contributed by atoms with van der Waals surface area (Å²) in [5, 5.41) is 12.1. The Balaban J connectivity index is 1.44. The molecule has 5 rings (SSSR count). The molecule has 0 saturated heterocycles. The third kappa shape index (κ3) is 3.63. The van der Waals surface area contributed by atoms with Gasteiger partial charge in [0.15, 0.2) is 28.5 Å². The molecule has 1 aliphatic rings. The number of hydrogen-bond donors (Lipinski definition) is 1. The number of anilines is 1. The Kier molecular flexibility index (Phi) is 4.88. The number of ether oxygens (including phenoxy) is 2. The van der Waals surface area contributed by atoms with Gasteiger partial charge < -0.3 is 14.8 Å². The van der Waals surface area contributed by atoms with Crippen molar-refractivity contribution in [3.05, 3.63) is 65.5 Å². The highest BCUT2D eigenvalue weighted by Gasteiger charge is 2.16. The van der Waals surface area contributed by atoms with Gasteiger partial charge in [-0.2, -0.15) is 0 Å². The molecule has 0 bridgehead atoms. The van der Waals surface area contributed by atoms with Gasteiger partial charge in [0, 0.05) is 13.0 Å². The summed E-state index contributed by atoms with van der Waals surface area (Å²) in [6.45, 7) is 3.58. The van der Waals surface area contributed by atoms with Crippen molar-refractivity contribution in [2.45, 2.75) is 32.9 Å². The summed E-state index contributed by atoms with van der Waals surface area (Å²) in [7, 11) is 0. The van der Waals surface area contributed by atoms with E-state index in [4.69, 9.17) is 19.4 Å². The van der Waals surface area contributed by atoms with Gasteiger partial charge in [0.05, 0.1) is 6.54 Å². The monoisotopic (exact) mass is 402 g/mol. The quantitative estimate of drug-likeness (QED) is 0.506. The Labute approximate surface area is 173 Å². The molecule has 0 spiro atoms. The first-order chi connectivity index (χ1) is 14.8. The van der Waals surface area contributed by atoms with Crippen LogP contribution in [-0.4, -0.2) is 31.8 Å². The van der Waals surface area contributed by atoms with Crippen LogP contribution in [0.3, 0.4) is 0 Å². The van der Waals surface area contributed by atoms with Gasteiger partial charge in [-0.05, 0) is 29.7 Å². The van der Waals surface area contributed by atoms with Gasteiger partial charge in [0.2, 0.25) is 6.79 Å². The predicted molar refractivity (Wildman–Crippen MR) is 113 cm³/mol. The van der Waals surface area contributed by atoms with Crippen molar-refractivity contribution in [3.8, 4) is 11.5 Å². The number of aryl methyl sites for hydroxylation is 1. The first-order valence-electron chi connectivity index (χ1n) is 10.1. The number of aromatic nitrogens is 5. The van der Waals surface area contributed by atoms with Crippen LogP contribution >= 0.6 is 0 Å². The maximum Gasteiger partial charge on any atom is 0.231 e. The molecule has 2 aromatic carbocycles. The first kappa shape index (κ1) is 18.4. The molecule has 3 heterocycles. The molecule has 30 heavy (non-hydrogen) atoms. The molecule has 1 aliphatic heterocycles. The molecule has 0 saturated carbocycles. The van der Waals surface area contributed by atoms with Crippen LogP contribution in [0.25, 0.3) is 11.2 Å². The summed E-state index contributed by atoms with van der Waals surface area (Å²) in [4.78, 5) is 9.44. The van der Waals surface area contributed by atoms with Gasteiger partial charge >= 0.3 is 0 Å². The molecule has 4 aromatic rings. The van der Waals surface area contributed by atoms with Crippen molar-refractivity contribution in [3.63, 3.8) is 0 Å². The molecular weight excluding hydrogens is 380 g/mol. The maximum absolute atomic E-state index is 5.47. The molecule has 152 valence electrons. The largest absolute Gasteiger partial charge is 0.454 e. The van der Waals surface area contributed by atoms with E-state index in [-0.39, 0.29) is 6.79 Å². The zero-order valence-electron chi connectivity index (χ0n) is 16.7. The smallest absolute Gasteiger partial charge is 0.231 e. The third-order valence-electron chi connectivity index (χ3n) is 4.95. The van der Waals surface area contributed by atoms with Crippen LogP contribution in [0.1, 0.15) is 30.3 Å². The van der Waals surface area contributed by atoms with Gasteiger partial charge in [-0.25, -0.2) is 14.6 Å². The van der Waals surface area contributed by atoms with Crippen molar-refractivity contribution >= 4 is 17.0 Å². The van der Waals surface area contributed by atoms with E-state index in [0.29, 0.717) is 24.4 Å². The number of rotatable bonds is 7. The molecule has 0 amide bonds. The van der Waals surface area contributed by atoms with Gasteiger partial charge in [0.25, 0.3) is 0 Å². The Morgan fingerprint density at radius 3 is 2.73 bits per heavy atom. The third-order valence-corrected chi connectivity index (χ3v) is 4.95. The molecule has 8 nitrogen and oxygen atoms in total. The van der Waals surface area contributed by atoms with Gasteiger partial charge in [-0.3, -0.25) is 0 Å². The van der Waals surface area contributed by atoms with E-state index in [1.165, 1.54) is 0 Å². The van der Waals surface area contributed by atoms with Gasteiger partial charge in [-0.1, -0.05) is 48.5 Å². The molecule has 0 aliphatic carbocycles. The lowest BCUT2D eigenvalue weighted by Crippen LogP contribution is -2.08. The highest BCUT2D eigenvalue weighted by atomic mass is 16.7. The summed E-state index contributed by atoms with van der Waals surface area (Å²) in [6.07, 6.45) is 1.76. The van der Waals surface area contributed by atoms with Gasteiger partial charge in [0.1, 0.15) is 5.82 Å². The number of nitrogens with one attached hydrogen (secondary N) is 1. The number of fused-ring (bicyclic) bond motifs is 2. The molecular formula is C22H22N6O2. The second-order valence-electron chi connectivity index (χ2n) is 7.18. The van der Waals surface area contributed by atoms with Crippen molar-refractivity contribution < 1.29 is 9.47 Å². The Morgan fingerprint density at radius 2 is 1.87 bits per heavy atom. The summed E-state index contributed by atoms with van der Waals surface area (Å²) in [5.74, 6) is 3.02. The summed E-state index contributed by atoms with van der Waals surface area (Å²) in [5.41, 5.74) is 3.63. The minimum Gasteiger partial charge on any atom is -0.454 e. The zero-order chi connectivity index (χ0) is 20.3. The second-order valence-corrected chi connectivity index (χ2v) is 7.18. The zero-order valence-corrected chi connectivity index (χ0v) is 16.7. The highest BCUT2D eigenvalue weighted by molar-refractivity contribution is 5.82. The van der Waals surface area contributed by atoms with Crippen LogP contribution in [0.4, 0.5) is 5.82 Å². The Morgan fingerprint density at radius 1 is 1.00 bits per heavy atom. The molecule has 0 unspecified atom stereocenters. The summed E-state index contributed by atoms with van der Waals surface area (Å²) in [6, 6.07) is 16.1. The Bertz CT molecular complexity index is 1180. The van der Waals surface area contributed by atoms with E-state index in [9.17, 15) is 0 Å². The van der Waals surface area contributed by atoms with Crippen LogP contribution in [0.2, 0.25) is 0 Å². The molecule has 1 N–H and O–H groups in total. The van der Waals surface area contributed by atoms with Crippen LogP contribution in [0.15, 0.2) is 48.5 Å². The maximum atomic E-state index is 5.47. The number of benzene rings is 2. The van der Waals surface area contributed by atoms with Crippen LogP contribution in [0.5, 0.6) is 11.5 Å². The minimum atomic E-state index is 0.268. The predicted octanol–water partition coefficient (Wildman–Crippen LogP) is 3.56. The molecule has 0 radical (unpaired) electrons. The van der Waals surface area contributed by atoms with E-state index >= 15 is 0 Å². The van der Waals surface area contributed by atoms with Crippen LogP contribution in [-0.2, 0) is 19.5 Å². The van der Waals surface area contributed by atoms with Crippen molar-refractivity contribution in [1.82, 2.24) is 25.0 Å². The van der Waals surface area contributed by atoms with E-state index in [2.05, 4.69) is 34.7 Å². The molecule has 2 aromatic heterocycles. The van der Waals surface area contributed by atoms with Crippen LogP contribution in [0, 0.1) is 0 Å². The minimum absolute atomic E-state index is 0.268. The van der Waals surface area contributed by atoms with E-state index in [1.807, 2.05) is 41.1 Å². The fourth-order valence-electron chi connectivity index (χ4n) is 3.46. The molecule has 8 heteroatoms. The van der Waals surface area contributed by atoms with Crippen molar-refractivity contribution in [2.75, 3.05) is 12.1 Å². The average Bonchev–Trinajstić information content (AvgIpc) is 3.40. The number of nitrogens with zero attached hydrogens (tertiary/aromatic N) is 5. The average molecular weight is 402 g/mol. The SMILES string of the molecule is CCCc1nc(NCc2ccc3c(c2)OCO3)c2nnn(Cc3ccccc3)c2n1. The first-order valence-corrected chi connectivity index (χ1v) is 10.1. The van der Waals surface area contributed by atoms with E-state index in [0.717, 1.165) is 46.9 Å². The summed E-state index contributed by atoms with van der Waals surface area (Å²) >= 11 is 0. The Hall–Kier alpha value is -3.68.